The van der Waals surface area contributed by atoms with Gasteiger partial charge in [0.2, 0.25) is 0 Å². The van der Waals surface area contributed by atoms with Crippen molar-refractivity contribution in [1.29, 1.82) is 0 Å². The van der Waals surface area contributed by atoms with E-state index in [0.717, 1.165) is 50.5 Å². The van der Waals surface area contributed by atoms with Gasteiger partial charge < -0.3 is 11.1 Å². The number of piperazine rings is 1. The Morgan fingerprint density at radius 2 is 2.06 bits per heavy atom. The number of nitrogens with one attached hydrogen (secondary N) is 1. The third-order valence-corrected chi connectivity index (χ3v) is 6.77. The molecule has 0 radical (unpaired) electrons. The molecule has 31 heavy (non-hydrogen) atoms. The first-order chi connectivity index (χ1) is 15.0. The molecular weight excluding hydrogens is 384 g/mol. The van der Waals surface area contributed by atoms with Gasteiger partial charge in [-0.3, -0.25) is 9.47 Å². The van der Waals surface area contributed by atoms with Crippen molar-refractivity contribution in [3.8, 4) is 5.82 Å². The Bertz CT molecular complexity index is 1140. The van der Waals surface area contributed by atoms with Crippen molar-refractivity contribution in [3.63, 3.8) is 0 Å². The molecule has 1 aliphatic heterocycles. The summed E-state index contributed by atoms with van der Waals surface area (Å²) in [5, 5.41) is 3.74. The first-order valence-corrected chi connectivity index (χ1v) is 11.0. The van der Waals surface area contributed by atoms with Crippen LogP contribution in [0.25, 0.3) is 11.4 Å². The SMILES string of the molecule is C=C1CCc2c1ccc([C@@H]1CN(Cc3ccc(-n4cnc(N)c4)nc3C)CCN1)c2C. The number of hydrogen-bond acceptors (Lipinski definition) is 5. The van der Waals surface area contributed by atoms with Crippen LogP contribution in [0.4, 0.5) is 5.82 Å². The summed E-state index contributed by atoms with van der Waals surface area (Å²) in [6.07, 6.45) is 5.71. The first kappa shape index (κ1) is 20.0. The zero-order valence-corrected chi connectivity index (χ0v) is 18.4. The Labute approximate surface area is 183 Å². The summed E-state index contributed by atoms with van der Waals surface area (Å²) < 4.78 is 1.86. The van der Waals surface area contributed by atoms with Crippen LogP contribution in [0, 0.1) is 13.8 Å². The lowest BCUT2D eigenvalue weighted by Crippen LogP contribution is -2.45. The van der Waals surface area contributed by atoms with Gasteiger partial charge in [-0.25, -0.2) is 9.97 Å². The van der Waals surface area contributed by atoms with E-state index >= 15 is 0 Å². The standard InChI is InChI=1S/C25H30N6/c1-16-4-6-21-17(2)22(8-7-20(16)21)23-13-30(11-10-27-23)12-19-5-9-25(29-18(19)3)31-14-24(26)28-15-31/h5,7-9,14-15,23,27H,1,4,6,10-13,26H2,2-3H3/t23-/m0/s1. The predicted molar refractivity (Wildman–Crippen MR) is 125 cm³/mol. The highest BCUT2D eigenvalue weighted by Crippen LogP contribution is 2.36. The van der Waals surface area contributed by atoms with Crippen LogP contribution in [0.5, 0.6) is 0 Å². The lowest BCUT2D eigenvalue weighted by molar-refractivity contribution is 0.192. The minimum atomic E-state index is 0.356. The maximum Gasteiger partial charge on any atom is 0.142 e. The Morgan fingerprint density at radius 1 is 1.19 bits per heavy atom. The van der Waals surface area contributed by atoms with Crippen molar-refractivity contribution in [2.75, 3.05) is 25.4 Å². The Balaban J connectivity index is 1.32. The molecule has 0 unspecified atom stereocenters. The molecule has 160 valence electrons. The van der Waals surface area contributed by atoms with Gasteiger partial charge in [-0.2, -0.15) is 0 Å². The molecule has 1 atom stereocenters. The molecule has 0 amide bonds. The number of pyridine rings is 1. The van der Waals surface area contributed by atoms with Gasteiger partial charge in [0, 0.05) is 37.9 Å². The summed E-state index contributed by atoms with van der Waals surface area (Å²) in [7, 11) is 0. The molecule has 3 aromatic rings. The number of allylic oxidation sites excluding steroid dienone is 1. The summed E-state index contributed by atoms with van der Waals surface area (Å²) in [5.41, 5.74) is 15.1. The van der Waals surface area contributed by atoms with E-state index < -0.39 is 0 Å². The van der Waals surface area contributed by atoms with Crippen LogP contribution in [0.3, 0.4) is 0 Å². The smallest absolute Gasteiger partial charge is 0.142 e. The maximum absolute atomic E-state index is 5.74. The molecule has 2 aliphatic rings. The van der Waals surface area contributed by atoms with Gasteiger partial charge in [0.15, 0.2) is 0 Å². The fraction of sp³-hybridized carbons (Fsp3) is 0.360. The zero-order chi connectivity index (χ0) is 21.5. The molecule has 0 spiro atoms. The van der Waals surface area contributed by atoms with Crippen LogP contribution in [0.2, 0.25) is 0 Å². The van der Waals surface area contributed by atoms with E-state index in [2.05, 4.69) is 53.8 Å². The van der Waals surface area contributed by atoms with Crippen LogP contribution >= 0.6 is 0 Å². The molecule has 3 heterocycles. The van der Waals surface area contributed by atoms with Gasteiger partial charge in [-0.05, 0) is 66.1 Å². The van der Waals surface area contributed by atoms with Gasteiger partial charge in [-0.1, -0.05) is 24.8 Å². The molecule has 6 nitrogen and oxygen atoms in total. The molecule has 1 aromatic carbocycles. The number of rotatable bonds is 4. The molecule has 3 N–H and O–H groups in total. The van der Waals surface area contributed by atoms with Gasteiger partial charge in [-0.15, -0.1) is 0 Å². The van der Waals surface area contributed by atoms with E-state index in [1.165, 1.54) is 33.4 Å². The van der Waals surface area contributed by atoms with E-state index in [-0.39, 0.29) is 0 Å². The molecule has 5 rings (SSSR count). The average molecular weight is 415 g/mol. The maximum atomic E-state index is 5.74. The molecule has 1 aliphatic carbocycles. The first-order valence-electron chi connectivity index (χ1n) is 11.0. The number of nitrogens with two attached hydrogens (primary N) is 1. The van der Waals surface area contributed by atoms with Gasteiger partial charge >= 0.3 is 0 Å². The number of imidazole rings is 1. The van der Waals surface area contributed by atoms with Crippen LogP contribution in [0.15, 0.2) is 43.4 Å². The largest absolute Gasteiger partial charge is 0.382 e. The molecular formula is C25H30N6. The molecule has 6 heteroatoms. The average Bonchev–Trinajstić information content (AvgIpc) is 3.36. The Morgan fingerprint density at radius 3 is 2.84 bits per heavy atom. The van der Waals surface area contributed by atoms with Crippen LogP contribution in [-0.4, -0.2) is 39.1 Å². The predicted octanol–water partition coefficient (Wildman–Crippen LogP) is 3.57. The number of hydrogen-bond donors (Lipinski definition) is 2. The van der Waals surface area contributed by atoms with Crippen molar-refractivity contribution < 1.29 is 0 Å². The fourth-order valence-corrected chi connectivity index (χ4v) is 4.97. The quantitative estimate of drug-likeness (QED) is 0.683. The number of benzene rings is 1. The monoisotopic (exact) mass is 414 g/mol. The molecule has 1 saturated heterocycles. The highest BCUT2D eigenvalue weighted by atomic mass is 15.2. The van der Waals surface area contributed by atoms with Crippen LogP contribution in [-0.2, 0) is 13.0 Å². The second-order valence-corrected chi connectivity index (χ2v) is 8.77. The van der Waals surface area contributed by atoms with E-state index in [1.54, 1.807) is 12.5 Å². The number of fused-ring (bicyclic) bond motifs is 1. The zero-order valence-electron chi connectivity index (χ0n) is 18.4. The molecule has 0 bridgehead atoms. The summed E-state index contributed by atoms with van der Waals surface area (Å²) >= 11 is 0. The topological polar surface area (TPSA) is 72.0 Å². The molecule has 1 fully saturated rings. The third-order valence-electron chi connectivity index (χ3n) is 6.77. The Kier molecular flexibility index (Phi) is 5.12. The van der Waals surface area contributed by atoms with Crippen molar-refractivity contribution in [3.05, 3.63) is 76.9 Å². The van der Waals surface area contributed by atoms with E-state index in [9.17, 15) is 0 Å². The lowest BCUT2D eigenvalue weighted by atomic mass is 9.92. The van der Waals surface area contributed by atoms with Crippen molar-refractivity contribution in [2.24, 2.45) is 0 Å². The number of anilines is 1. The van der Waals surface area contributed by atoms with Crippen molar-refractivity contribution >= 4 is 11.4 Å². The lowest BCUT2D eigenvalue weighted by Gasteiger charge is -2.35. The minimum absolute atomic E-state index is 0.356. The highest BCUT2D eigenvalue weighted by Gasteiger charge is 2.26. The molecule has 0 saturated carbocycles. The number of aryl methyl sites for hydroxylation is 1. The second kappa shape index (κ2) is 7.94. The van der Waals surface area contributed by atoms with E-state index in [0.29, 0.717) is 11.9 Å². The highest BCUT2D eigenvalue weighted by molar-refractivity contribution is 5.72. The van der Waals surface area contributed by atoms with Crippen molar-refractivity contribution in [2.45, 2.75) is 39.3 Å². The van der Waals surface area contributed by atoms with Gasteiger partial charge in [0.05, 0.1) is 6.20 Å². The van der Waals surface area contributed by atoms with E-state index in [1.807, 2.05) is 10.6 Å². The summed E-state index contributed by atoms with van der Waals surface area (Å²) in [6, 6.07) is 9.17. The summed E-state index contributed by atoms with van der Waals surface area (Å²) in [6.45, 7) is 12.5. The second-order valence-electron chi connectivity index (χ2n) is 8.77. The Hall–Kier alpha value is -2.96. The third kappa shape index (κ3) is 3.77. The fourth-order valence-electron chi connectivity index (χ4n) is 4.97. The van der Waals surface area contributed by atoms with Crippen LogP contribution < -0.4 is 11.1 Å². The van der Waals surface area contributed by atoms with E-state index in [4.69, 9.17) is 10.7 Å². The number of nitrogens with zero attached hydrogens (tertiary/aromatic N) is 4. The normalized spacial score (nSPS) is 19.0. The molecule has 2 aromatic heterocycles. The summed E-state index contributed by atoms with van der Waals surface area (Å²) in [5.74, 6) is 1.35. The van der Waals surface area contributed by atoms with Gasteiger partial charge in [0.25, 0.3) is 0 Å². The van der Waals surface area contributed by atoms with Crippen LogP contribution in [0.1, 0.15) is 46.0 Å². The number of nitrogen functional groups attached to an aromatic ring is 1. The minimum Gasteiger partial charge on any atom is -0.382 e. The summed E-state index contributed by atoms with van der Waals surface area (Å²) in [4.78, 5) is 11.4. The number of aromatic nitrogens is 3. The van der Waals surface area contributed by atoms with Crippen molar-refractivity contribution in [1.82, 2.24) is 24.8 Å². The van der Waals surface area contributed by atoms with Gasteiger partial charge in [0.1, 0.15) is 18.0 Å².